The summed E-state index contributed by atoms with van der Waals surface area (Å²) in [5, 5.41) is 4.26. The number of ether oxygens (including phenoxy) is 1. The first-order valence-electron chi connectivity index (χ1n) is 11.5. The number of aryl methyl sites for hydroxylation is 1. The molecule has 1 aromatic heterocycles. The fraction of sp³-hybridized carbons (Fsp3) is 0.609. The number of thiazole rings is 1. The number of sulfonamides is 1. The molecular formula is C23H34N4O3S2. The van der Waals surface area contributed by atoms with E-state index < -0.39 is 10.0 Å². The molecule has 2 aliphatic rings. The van der Waals surface area contributed by atoms with E-state index in [0.717, 1.165) is 47.2 Å². The summed E-state index contributed by atoms with van der Waals surface area (Å²) >= 11 is 1.63. The Labute approximate surface area is 195 Å². The minimum atomic E-state index is -3.70. The number of benzene rings is 1. The Morgan fingerprint density at radius 2 is 1.88 bits per heavy atom. The van der Waals surface area contributed by atoms with Gasteiger partial charge in [0.1, 0.15) is 10.6 Å². The van der Waals surface area contributed by atoms with Crippen LogP contribution in [0.4, 0.5) is 5.13 Å². The molecule has 2 N–H and O–H groups in total. The van der Waals surface area contributed by atoms with Crippen LogP contribution in [0.3, 0.4) is 0 Å². The van der Waals surface area contributed by atoms with Crippen molar-refractivity contribution in [2.45, 2.75) is 68.8 Å². The number of nitrogens with zero attached hydrogens (tertiary/aromatic N) is 2. The zero-order valence-corrected chi connectivity index (χ0v) is 20.8. The Morgan fingerprint density at radius 3 is 2.56 bits per heavy atom. The molecule has 0 spiro atoms. The van der Waals surface area contributed by atoms with Gasteiger partial charge in [0.25, 0.3) is 0 Å². The second kappa shape index (κ2) is 10.1. The second-order valence-corrected chi connectivity index (χ2v) is 11.5. The van der Waals surface area contributed by atoms with Crippen LogP contribution in [-0.4, -0.2) is 52.7 Å². The lowest BCUT2D eigenvalue weighted by Crippen LogP contribution is -2.42. The van der Waals surface area contributed by atoms with Gasteiger partial charge in [-0.3, -0.25) is 0 Å². The molecule has 1 saturated heterocycles. The number of rotatable bonds is 7. The lowest BCUT2D eigenvalue weighted by atomic mass is 9.95. The Hall–Kier alpha value is -1.68. The zero-order valence-electron chi connectivity index (χ0n) is 19.2. The third kappa shape index (κ3) is 5.11. The Bertz CT molecular complexity index is 1030. The molecular weight excluding hydrogens is 444 g/mol. The van der Waals surface area contributed by atoms with E-state index >= 15 is 0 Å². The molecule has 4 rings (SSSR count). The summed E-state index contributed by atoms with van der Waals surface area (Å²) in [5.74, 6) is 0.358. The summed E-state index contributed by atoms with van der Waals surface area (Å²) in [7, 11) is -0.0641. The van der Waals surface area contributed by atoms with Gasteiger partial charge in [0.05, 0.1) is 17.7 Å². The lowest BCUT2D eigenvalue weighted by Gasteiger charge is -2.30. The van der Waals surface area contributed by atoms with Crippen LogP contribution in [0.1, 0.15) is 50.6 Å². The van der Waals surface area contributed by atoms with E-state index in [1.165, 1.54) is 39.2 Å². The summed E-state index contributed by atoms with van der Waals surface area (Å²) < 4.78 is 34.8. The van der Waals surface area contributed by atoms with Crippen molar-refractivity contribution in [2.24, 2.45) is 0 Å². The molecule has 0 radical (unpaired) electrons. The molecule has 7 nitrogen and oxygen atoms in total. The van der Waals surface area contributed by atoms with Crippen LogP contribution in [0, 0.1) is 6.92 Å². The normalized spacial score (nSPS) is 18.6. The minimum absolute atomic E-state index is 0.0597. The van der Waals surface area contributed by atoms with Crippen molar-refractivity contribution >= 4 is 26.5 Å². The maximum atomic E-state index is 13.2. The van der Waals surface area contributed by atoms with Crippen molar-refractivity contribution in [1.29, 1.82) is 0 Å². The highest BCUT2D eigenvalue weighted by Crippen LogP contribution is 2.39. The first-order chi connectivity index (χ1) is 15.4. The van der Waals surface area contributed by atoms with Gasteiger partial charge in [-0.25, -0.2) is 18.1 Å². The Kier molecular flexibility index (Phi) is 7.39. The molecule has 9 heteroatoms. The number of anilines is 1. The largest absolute Gasteiger partial charge is 0.495 e. The van der Waals surface area contributed by atoms with Gasteiger partial charge in [0.2, 0.25) is 10.0 Å². The van der Waals surface area contributed by atoms with Gasteiger partial charge in [-0.15, -0.1) is 0 Å². The summed E-state index contributed by atoms with van der Waals surface area (Å²) in [6.07, 6.45) is 7.85. The van der Waals surface area contributed by atoms with Crippen LogP contribution in [0.25, 0.3) is 10.4 Å². The maximum Gasteiger partial charge on any atom is 0.244 e. The molecule has 176 valence electrons. The van der Waals surface area contributed by atoms with Gasteiger partial charge in [0.15, 0.2) is 5.13 Å². The van der Waals surface area contributed by atoms with Gasteiger partial charge in [0, 0.05) is 19.1 Å². The first kappa shape index (κ1) is 23.5. The van der Waals surface area contributed by atoms with Gasteiger partial charge in [-0.2, -0.15) is 0 Å². The SMILES string of the molecule is COc1ccc(-c2sc(N(C)C3CCCCC3)nc2C)cc1S(=O)(=O)NC1CCNCC1. The fourth-order valence-electron chi connectivity index (χ4n) is 4.68. The Morgan fingerprint density at radius 1 is 1.16 bits per heavy atom. The molecule has 0 amide bonds. The van der Waals surface area contributed by atoms with Gasteiger partial charge < -0.3 is 15.0 Å². The highest BCUT2D eigenvalue weighted by Gasteiger charge is 2.27. The van der Waals surface area contributed by atoms with E-state index in [9.17, 15) is 8.42 Å². The highest BCUT2D eigenvalue weighted by atomic mass is 32.2. The molecule has 1 aliphatic heterocycles. The van der Waals surface area contributed by atoms with E-state index in [1.54, 1.807) is 23.5 Å². The predicted octanol–water partition coefficient (Wildman–Crippen LogP) is 3.93. The number of piperidine rings is 1. The number of hydrogen-bond donors (Lipinski definition) is 2. The van der Waals surface area contributed by atoms with E-state index in [2.05, 4.69) is 22.0 Å². The average molecular weight is 479 g/mol. The molecule has 0 atom stereocenters. The van der Waals surface area contributed by atoms with Gasteiger partial charge >= 0.3 is 0 Å². The average Bonchev–Trinajstić information content (AvgIpc) is 3.20. The number of aromatic nitrogens is 1. The van der Waals surface area contributed by atoms with Crippen molar-refractivity contribution in [3.8, 4) is 16.2 Å². The van der Waals surface area contributed by atoms with E-state index in [4.69, 9.17) is 9.72 Å². The van der Waals surface area contributed by atoms with Gasteiger partial charge in [-0.1, -0.05) is 30.6 Å². The highest BCUT2D eigenvalue weighted by molar-refractivity contribution is 7.89. The van der Waals surface area contributed by atoms with Crippen LogP contribution in [-0.2, 0) is 10.0 Å². The van der Waals surface area contributed by atoms with Crippen LogP contribution in [0.15, 0.2) is 23.1 Å². The molecule has 1 aromatic carbocycles. The summed E-state index contributed by atoms with van der Waals surface area (Å²) in [5.41, 5.74) is 1.78. The quantitative estimate of drug-likeness (QED) is 0.627. The monoisotopic (exact) mass is 478 g/mol. The smallest absolute Gasteiger partial charge is 0.244 e. The molecule has 2 aromatic rings. The van der Waals surface area contributed by atoms with Crippen LogP contribution < -0.4 is 19.7 Å². The second-order valence-electron chi connectivity index (χ2n) is 8.82. The third-order valence-electron chi connectivity index (χ3n) is 6.59. The predicted molar refractivity (Wildman–Crippen MR) is 130 cm³/mol. The molecule has 0 bridgehead atoms. The molecule has 1 saturated carbocycles. The summed E-state index contributed by atoms with van der Waals surface area (Å²) in [6.45, 7) is 3.64. The molecule has 1 aliphatic carbocycles. The van der Waals surface area contributed by atoms with E-state index in [1.807, 2.05) is 13.0 Å². The third-order valence-corrected chi connectivity index (χ3v) is 9.42. The number of methoxy groups -OCH3 is 1. The van der Waals surface area contributed by atoms with Crippen molar-refractivity contribution in [2.75, 3.05) is 32.1 Å². The lowest BCUT2D eigenvalue weighted by molar-refractivity contribution is 0.399. The number of hydrogen-bond acceptors (Lipinski definition) is 7. The minimum Gasteiger partial charge on any atom is -0.495 e. The zero-order chi connectivity index (χ0) is 22.7. The molecule has 0 unspecified atom stereocenters. The van der Waals surface area contributed by atoms with Crippen LogP contribution >= 0.6 is 11.3 Å². The van der Waals surface area contributed by atoms with Crippen LogP contribution in [0.5, 0.6) is 5.75 Å². The first-order valence-corrected chi connectivity index (χ1v) is 13.8. The summed E-state index contributed by atoms with van der Waals surface area (Å²) in [4.78, 5) is 8.33. The molecule has 2 heterocycles. The maximum absolute atomic E-state index is 13.2. The molecule has 2 fully saturated rings. The topological polar surface area (TPSA) is 83.6 Å². The van der Waals surface area contributed by atoms with Gasteiger partial charge in [-0.05, 0) is 69.5 Å². The summed E-state index contributed by atoms with van der Waals surface area (Å²) in [6, 6.07) is 5.87. The van der Waals surface area contributed by atoms with E-state index in [-0.39, 0.29) is 10.9 Å². The number of nitrogens with one attached hydrogen (secondary N) is 2. The van der Waals surface area contributed by atoms with Crippen molar-refractivity contribution in [3.63, 3.8) is 0 Å². The van der Waals surface area contributed by atoms with Crippen molar-refractivity contribution in [1.82, 2.24) is 15.0 Å². The van der Waals surface area contributed by atoms with Crippen LogP contribution in [0.2, 0.25) is 0 Å². The molecule has 32 heavy (non-hydrogen) atoms. The van der Waals surface area contributed by atoms with E-state index in [0.29, 0.717) is 11.8 Å². The van der Waals surface area contributed by atoms with Crippen molar-refractivity contribution < 1.29 is 13.2 Å². The fourth-order valence-corrected chi connectivity index (χ4v) is 7.27. The van der Waals surface area contributed by atoms with Crippen molar-refractivity contribution in [3.05, 3.63) is 23.9 Å². The Balaban J connectivity index is 1.62. The standard InChI is InChI=1S/C23H34N4O3S2/c1-16-22(31-23(25-16)27(2)19-7-5-4-6-8-19)17-9-10-20(30-3)21(15-17)32(28,29)26-18-11-13-24-14-12-18/h9-10,15,18-19,24,26H,4-8,11-14H2,1-3H3.